The van der Waals surface area contributed by atoms with Crippen LogP contribution in [0.25, 0.3) is 0 Å². The number of hydrogen-bond donors (Lipinski definition) is 4. The molecule has 0 aromatic carbocycles. The highest BCUT2D eigenvalue weighted by Gasteiger charge is 2.29. The van der Waals surface area contributed by atoms with E-state index >= 15 is 0 Å². The second-order valence-corrected chi connectivity index (χ2v) is 28.7. The van der Waals surface area contributed by atoms with Crippen molar-refractivity contribution in [2.45, 2.75) is 334 Å². The summed E-state index contributed by atoms with van der Waals surface area (Å²) in [5.41, 5.74) is 0. The molecule has 0 amide bonds. The van der Waals surface area contributed by atoms with Gasteiger partial charge in [-0.05, 0) is 109 Å². The number of aliphatic hydroxyl groups excluding tert-OH is 2. The first-order valence-electron chi connectivity index (χ1n) is 38.8. The monoisotopic (exact) mass is 1430 g/mol. The molecule has 0 fully saturated rings. The van der Waals surface area contributed by atoms with Crippen molar-refractivity contribution in [3.8, 4) is 0 Å². The Labute approximate surface area is 602 Å². The van der Waals surface area contributed by atoms with E-state index in [4.69, 9.17) is 32.3 Å². The number of carbonyl (C=O) groups is 3. The van der Waals surface area contributed by atoms with Crippen molar-refractivity contribution in [1.29, 1.82) is 0 Å². The molecule has 0 rings (SSSR count). The molecule has 0 aliphatic carbocycles. The smallest absolute Gasteiger partial charge is 0.463 e. The fraction of sp³-hybridized carbons (Fsp3) is 0.716. The summed E-state index contributed by atoms with van der Waals surface area (Å²) in [5, 5.41) is 20.6. The van der Waals surface area contributed by atoms with Crippen LogP contribution in [0.15, 0.2) is 122 Å². The van der Waals surface area contributed by atoms with E-state index in [-0.39, 0.29) is 19.3 Å². The van der Waals surface area contributed by atoms with Gasteiger partial charge < -0.3 is 34.2 Å². The molecule has 570 valence electrons. The molecule has 18 heteroatoms. The third-order valence-electron chi connectivity index (χ3n) is 16.2. The molecule has 0 saturated carbocycles. The normalized spacial score (nSPS) is 14.7. The lowest BCUT2D eigenvalue weighted by Gasteiger charge is -2.21. The van der Waals surface area contributed by atoms with E-state index in [1.807, 2.05) is 0 Å². The molecule has 0 heterocycles. The predicted octanol–water partition coefficient (Wildman–Crippen LogP) is 22.5. The summed E-state index contributed by atoms with van der Waals surface area (Å²) in [7, 11) is -9.78. The van der Waals surface area contributed by atoms with E-state index < -0.39 is 91.5 Å². The van der Waals surface area contributed by atoms with Crippen molar-refractivity contribution < 1.29 is 75.8 Å². The molecular weight excluding hydrogens is 1290 g/mol. The van der Waals surface area contributed by atoms with Crippen LogP contribution >= 0.6 is 15.6 Å². The lowest BCUT2D eigenvalue weighted by molar-refractivity contribution is -0.161. The number of rotatable bonds is 73. The van der Waals surface area contributed by atoms with E-state index in [9.17, 15) is 43.5 Å². The molecule has 5 unspecified atom stereocenters. The number of hydrogen-bond acceptors (Lipinski definition) is 14. The molecule has 0 aliphatic rings. The third-order valence-corrected chi connectivity index (χ3v) is 18.1. The van der Waals surface area contributed by atoms with Crippen LogP contribution in [-0.2, 0) is 55.8 Å². The quantitative estimate of drug-likeness (QED) is 0.0146. The summed E-state index contributed by atoms with van der Waals surface area (Å²) < 4.78 is 61.0. The Morgan fingerprint density at radius 3 is 0.848 bits per heavy atom. The first-order chi connectivity index (χ1) is 48.2. The Morgan fingerprint density at radius 2 is 0.535 bits per heavy atom. The molecule has 99 heavy (non-hydrogen) atoms. The van der Waals surface area contributed by atoms with E-state index in [1.165, 1.54) is 116 Å². The van der Waals surface area contributed by atoms with Crippen LogP contribution in [0.4, 0.5) is 0 Å². The minimum Gasteiger partial charge on any atom is -0.463 e. The van der Waals surface area contributed by atoms with Gasteiger partial charge in [0.15, 0.2) is 6.10 Å². The van der Waals surface area contributed by atoms with Crippen molar-refractivity contribution in [1.82, 2.24) is 0 Å². The fourth-order valence-corrected chi connectivity index (χ4v) is 11.9. The van der Waals surface area contributed by atoms with Crippen LogP contribution in [0.2, 0.25) is 0 Å². The van der Waals surface area contributed by atoms with E-state index in [2.05, 4.69) is 142 Å². The molecule has 0 radical (unpaired) electrons. The highest BCUT2D eigenvalue weighted by atomic mass is 31.2. The largest absolute Gasteiger partial charge is 0.472 e. The molecule has 0 aromatic heterocycles. The van der Waals surface area contributed by atoms with Gasteiger partial charge in [-0.25, -0.2) is 9.13 Å². The zero-order chi connectivity index (χ0) is 72.3. The highest BCUT2D eigenvalue weighted by Crippen LogP contribution is 2.45. The molecule has 16 nitrogen and oxygen atoms in total. The van der Waals surface area contributed by atoms with Crippen molar-refractivity contribution in [2.75, 3.05) is 39.6 Å². The van der Waals surface area contributed by atoms with E-state index in [0.717, 1.165) is 141 Å². The third kappa shape index (κ3) is 74.9. The zero-order valence-corrected chi connectivity index (χ0v) is 63.9. The average Bonchev–Trinajstić information content (AvgIpc) is 1.38. The Bertz CT molecular complexity index is 2290. The van der Waals surface area contributed by atoms with Gasteiger partial charge in [-0.15, -0.1) is 0 Å². The Morgan fingerprint density at radius 1 is 0.293 bits per heavy atom. The topological polar surface area (TPSA) is 231 Å². The molecule has 5 atom stereocenters. The molecular formula is C81H140O16P2. The fourth-order valence-electron chi connectivity index (χ4n) is 10.3. The van der Waals surface area contributed by atoms with Gasteiger partial charge in [0.2, 0.25) is 0 Å². The molecule has 0 aliphatic heterocycles. The number of ether oxygens (including phenoxy) is 3. The molecule has 0 aromatic rings. The summed E-state index contributed by atoms with van der Waals surface area (Å²) in [5.74, 6) is -1.59. The summed E-state index contributed by atoms with van der Waals surface area (Å²) in [4.78, 5) is 58.5. The van der Waals surface area contributed by atoms with Gasteiger partial charge in [-0.2, -0.15) is 0 Å². The van der Waals surface area contributed by atoms with Gasteiger partial charge in [0.05, 0.1) is 26.4 Å². The number of esters is 3. The van der Waals surface area contributed by atoms with Crippen LogP contribution in [-0.4, -0.2) is 95.9 Å². The lowest BCUT2D eigenvalue weighted by atomic mass is 10.0. The minimum absolute atomic E-state index is 0.101. The second-order valence-electron chi connectivity index (χ2n) is 25.8. The van der Waals surface area contributed by atoms with Gasteiger partial charge >= 0.3 is 33.6 Å². The maximum atomic E-state index is 12.9. The van der Waals surface area contributed by atoms with Gasteiger partial charge in [-0.3, -0.25) is 32.5 Å². The van der Waals surface area contributed by atoms with Crippen molar-refractivity contribution >= 4 is 33.6 Å². The first-order valence-corrected chi connectivity index (χ1v) is 41.8. The van der Waals surface area contributed by atoms with Crippen molar-refractivity contribution in [3.63, 3.8) is 0 Å². The Balaban J connectivity index is 4.41. The maximum absolute atomic E-state index is 12.9. The van der Waals surface area contributed by atoms with Crippen molar-refractivity contribution in [3.05, 3.63) is 122 Å². The maximum Gasteiger partial charge on any atom is 0.472 e. The lowest BCUT2D eigenvalue weighted by Crippen LogP contribution is -2.30. The van der Waals surface area contributed by atoms with E-state index in [0.29, 0.717) is 19.3 Å². The summed E-state index contributed by atoms with van der Waals surface area (Å²) in [6.45, 7) is 2.44. The zero-order valence-electron chi connectivity index (χ0n) is 62.1. The number of phosphoric acid groups is 2. The SMILES string of the molecule is CC/C=C\C/C=C\C/C=C\C/C=C\C/C=C\C/C=C\CCCCCCCCCCCCCCCCC(=O)OCC(O)COP(=O)(O)OCC(O)COP(=O)(O)OCC(COC(=O)CCCCCC/C=C\C/C=C\C/C=C\C/C=C\CC)OC(=O)CCCCCCCCCCCCCCC. The van der Waals surface area contributed by atoms with Gasteiger partial charge in [-0.1, -0.05) is 309 Å². The Kier molecular flexibility index (Phi) is 70.7. The first kappa shape index (κ1) is 94.9. The van der Waals surface area contributed by atoms with Gasteiger partial charge in [0.25, 0.3) is 0 Å². The highest BCUT2D eigenvalue weighted by molar-refractivity contribution is 7.47. The molecule has 0 spiro atoms. The van der Waals surface area contributed by atoms with Crippen LogP contribution in [0.1, 0.15) is 316 Å². The number of phosphoric ester groups is 2. The number of allylic oxidation sites excluding steroid dienone is 20. The predicted molar refractivity (Wildman–Crippen MR) is 408 cm³/mol. The minimum atomic E-state index is -4.93. The van der Waals surface area contributed by atoms with Crippen LogP contribution in [0.3, 0.4) is 0 Å². The van der Waals surface area contributed by atoms with Crippen LogP contribution < -0.4 is 0 Å². The molecule has 0 saturated heterocycles. The summed E-state index contributed by atoms with van der Waals surface area (Å²) in [6, 6.07) is 0. The number of aliphatic hydroxyl groups is 2. The average molecular weight is 1430 g/mol. The summed E-state index contributed by atoms with van der Waals surface area (Å²) in [6.07, 6.45) is 86.9. The van der Waals surface area contributed by atoms with Crippen molar-refractivity contribution in [2.24, 2.45) is 0 Å². The number of carbonyl (C=O) groups excluding carboxylic acids is 3. The van der Waals surface area contributed by atoms with Gasteiger partial charge in [0, 0.05) is 19.3 Å². The molecule has 0 bridgehead atoms. The second kappa shape index (κ2) is 73.7. The Hall–Kier alpha value is -4.05. The van der Waals surface area contributed by atoms with Gasteiger partial charge in [0.1, 0.15) is 25.4 Å². The number of unbranched alkanes of at least 4 members (excludes halogenated alkanes) is 30. The van der Waals surface area contributed by atoms with Crippen LogP contribution in [0, 0.1) is 0 Å². The summed E-state index contributed by atoms with van der Waals surface area (Å²) >= 11 is 0. The molecule has 4 N–H and O–H groups in total. The van der Waals surface area contributed by atoms with Crippen LogP contribution in [0.5, 0.6) is 0 Å². The standard InChI is InChI=1S/C81H140O16P2/c1-4-7-10-13-16-19-22-25-27-29-30-31-32-33-34-35-36-37-38-39-40-41-42-43-44-46-48-50-52-55-58-61-64-67-79(84)91-70-76(82)71-93-98(87,88)94-72-77(83)73-95-99(89,90)96-75-78(97-81(86)69-66-63-60-57-54-49-24-21-18-15-12-9-6-3)74-92-80(85)68-65-62-59-56-53-51-47-45-28-26-23-20-17-14-11-8-5-2/h7-8,10-11,16-17,19-20,25-28,30-31,33-34,36-37,47,51,76-78,82-83H,4-6,9,12-15,18,21-24,29,32,35,38-46,48-50,52-75H2,1-3H3,(H,87,88)(H,89,90)/b10-7-,11-8-,19-16-,20-17-,27-25-,28-26-,31-30-,34-33-,37-36-,51-47-. The van der Waals surface area contributed by atoms with E-state index in [1.54, 1.807) is 0 Å².